The fourth-order valence-corrected chi connectivity index (χ4v) is 3.72. The number of nitrogens with one attached hydrogen (secondary N) is 1. The van der Waals surface area contributed by atoms with E-state index >= 15 is 0 Å². The Labute approximate surface area is 177 Å². The van der Waals surface area contributed by atoms with Gasteiger partial charge in [-0.3, -0.25) is 4.79 Å². The average Bonchev–Trinajstić information content (AvgIpc) is 3.13. The Hall–Kier alpha value is -4.14. The number of benzene rings is 2. The molecule has 9 heteroatoms. The molecule has 0 atom stereocenters. The fourth-order valence-electron chi connectivity index (χ4n) is 3.72. The van der Waals surface area contributed by atoms with Crippen LogP contribution in [-0.4, -0.2) is 14.5 Å². The van der Waals surface area contributed by atoms with Crippen LogP contribution in [0.15, 0.2) is 74.7 Å². The zero-order valence-electron chi connectivity index (χ0n) is 16.5. The molecule has 0 fully saturated rings. The van der Waals surface area contributed by atoms with Crippen LogP contribution in [-0.2, 0) is 6.18 Å². The molecule has 0 aliphatic heterocycles. The number of aromatic nitrogens is 3. The highest BCUT2D eigenvalue weighted by Crippen LogP contribution is 2.31. The number of pyridine rings is 1. The summed E-state index contributed by atoms with van der Waals surface area (Å²) in [5.74, 6) is 0. The first-order chi connectivity index (χ1) is 15.2. The van der Waals surface area contributed by atoms with Crippen LogP contribution in [0.1, 0.15) is 11.1 Å². The minimum atomic E-state index is -4.62. The van der Waals surface area contributed by atoms with Crippen molar-refractivity contribution >= 4 is 22.2 Å². The maximum atomic E-state index is 13.1. The molecule has 0 saturated heterocycles. The van der Waals surface area contributed by atoms with E-state index in [4.69, 9.17) is 4.42 Å². The predicted molar refractivity (Wildman–Crippen MR) is 113 cm³/mol. The minimum absolute atomic E-state index is 0.147. The summed E-state index contributed by atoms with van der Waals surface area (Å²) in [5.41, 5.74) is -0.659. The summed E-state index contributed by atoms with van der Waals surface area (Å²) < 4.78 is 45.6. The van der Waals surface area contributed by atoms with Gasteiger partial charge in [0, 0.05) is 5.56 Å². The molecule has 2 aromatic carbocycles. The van der Waals surface area contributed by atoms with Gasteiger partial charge in [0.15, 0.2) is 0 Å². The highest BCUT2D eigenvalue weighted by Gasteiger charge is 2.31. The van der Waals surface area contributed by atoms with E-state index in [9.17, 15) is 22.8 Å². The van der Waals surface area contributed by atoms with E-state index in [1.54, 1.807) is 6.92 Å². The van der Waals surface area contributed by atoms with Gasteiger partial charge in [-0.05, 0) is 36.8 Å². The first kappa shape index (κ1) is 19.8. The van der Waals surface area contributed by atoms with Gasteiger partial charge in [0.2, 0.25) is 11.3 Å². The van der Waals surface area contributed by atoms with Gasteiger partial charge < -0.3 is 9.40 Å². The molecule has 32 heavy (non-hydrogen) atoms. The molecule has 0 radical (unpaired) electrons. The van der Waals surface area contributed by atoms with Crippen LogP contribution < -0.4 is 11.2 Å². The van der Waals surface area contributed by atoms with Gasteiger partial charge in [-0.2, -0.15) is 13.2 Å². The van der Waals surface area contributed by atoms with Gasteiger partial charge in [0.1, 0.15) is 5.52 Å². The van der Waals surface area contributed by atoms with Gasteiger partial charge in [0.25, 0.3) is 0 Å². The Balaban J connectivity index is 1.77. The van der Waals surface area contributed by atoms with Gasteiger partial charge in [0.05, 0.1) is 22.3 Å². The zero-order chi connectivity index (χ0) is 22.6. The first-order valence-corrected chi connectivity index (χ1v) is 9.56. The molecule has 5 rings (SSSR count). The Kier molecular flexibility index (Phi) is 4.30. The Morgan fingerprint density at radius 2 is 1.75 bits per heavy atom. The molecule has 0 aliphatic rings. The lowest BCUT2D eigenvalue weighted by molar-refractivity contribution is -0.137. The number of alkyl halides is 3. The van der Waals surface area contributed by atoms with Crippen molar-refractivity contribution in [2.45, 2.75) is 13.1 Å². The van der Waals surface area contributed by atoms with Gasteiger partial charge in [-0.25, -0.2) is 14.3 Å². The van der Waals surface area contributed by atoms with Gasteiger partial charge in [-0.1, -0.05) is 36.4 Å². The standard InChI is InChI=1S/C23H14F3N3O3/c1-12-10-16(13-6-3-2-4-7-13)27-20-17(12)18-19(32-20)21(30)29(22(31)28-18)15-9-5-8-14(11-15)23(24,25)26/h2-11H,1H3,(H,28,31). The second kappa shape index (κ2) is 6.94. The van der Waals surface area contributed by atoms with Crippen molar-refractivity contribution in [1.29, 1.82) is 0 Å². The molecule has 3 aromatic heterocycles. The SMILES string of the molecule is Cc1cc(-c2ccccc2)nc2oc3c(=O)n(-c4cccc(C(F)(F)F)c4)c(=O)[nH]c3c12. The smallest absolute Gasteiger partial charge is 0.416 e. The average molecular weight is 437 g/mol. The number of furan rings is 1. The summed E-state index contributed by atoms with van der Waals surface area (Å²) in [6, 6.07) is 15.1. The number of hydrogen-bond donors (Lipinski definition) is 1. The number of rotatable bonds is 2. The number of aromatic amines is 1. The van der Waals surface area contributed by atoms with E-state index in [-0.39, 0.29) is 22.5 Å². The Morgan fingerprint density at radius 3 is 2.47 bits per heavy atom. The molecule has 0 bridgehead atoms. The summed E-state index contributed by atoms with van der Waals surface area (Å²) >= 11 is 0. The number of nitrogens with zero attached hydrogens (tertiary/aromatic N) is 2. The van der Waals surface area contributed by atoms with Crippen LogP contribution in [0.25, 0.3) is 39.1 Å². The maximum absolute atomic E-state index is 13.1. The van der Waals surface area contributed by atoms with Crippen LogP contribution >= 0.6 is 0 Å². The van der Waals surface area contributed by atoms with Crippen molar-refractivity contribution in [3.8, 4) is 16.9 Å². The normalized spacial score (nSPS) is 12.0. The van der Waals surface area contributed by atoms with Crippen molar-refractivity contribution in [1.82, 2.24) is 14.5 Å². The molecule has 0 aliphatic carbocycles. The van der Waals surface area contributed by atoms with Crippen LogP contribution in [0.5, 0.6) is 0 Å². The molecule has 160 valence electrons. The van der Waals surface area contributed by atoms with Crippen LogP contribution in [0.4, 0.5) is 13.2 Å². The third-order valence-corrected chi connectivity index (χ3v) is 5.19. The third kappa shape index (κ3) is 3.09. The fraction of sp³-hybridized carbons (Fsp3) is 0.0870. The lowest BCUT2D eigenvalue weighted by Crippen LogP contribution is -2.33. The zero-order valence-corrected chi connectivity index (χ0v) is 16.5. The topological polar surface area (TPSA) is 80.9 Å². The predicted octanol–water partition coefficient (Wildman–Crippen LogP) is 4.81. The van der Waals surface area contributed by atoms with E-state index in [1.807, 2.05) is 36.4 Å². The molecule has 3 heterocycles. The quantitative estimate of drug-likeness (QED) is 0.430. The third-order valence-electron chi connectivity index (χ3n) is 5.19. The van der Waals surface area contributed by atoms with Crippen LogP contribution in [0.2, 0.25) is 0 Å². The summed E-state index contributed by atoms with van der Waals surface area (Å²) in [4.78, 5) is 32.9. The van der Waals surface area contributed by atoms with Gasteiger partial charge in [-0.15, -0.1) is 0 Å². The van der Waals surface area contributed by atoms with E-state index in [1.165, 1.54) is 6.07 Å². The molecule has 0 unspecified atom stereocenters. The van der Waals surface area contributed by atoms with Crippen LogP contribution in [0, 0.1) is 6.92 Å². The van der Waals surface area contributed by atoms with Crippen molar-refractivity contribution in [3.05, 3.63) is 92.6 Å². The number of fused-ring (bicyclic) bond motifs is 3. The Bertz CT molecular complexity index is 1610. The molecule has 0 spiro atoms. The molecular formula is C23H14F3N3O3. The van der Waals surface area contributed by atoms with E-state index in [2.05, 4.69) is 9.97 Å². The molecule has 1 N–H and O–H groups in total. The first-order valence-electron chi connectivity index (χ1n) is 9.56. The van der Waals surface area contributed by atoms with E-state index in [0.29, 0.717) is 15.6 Å². The van der Waals surface area contributed by atoms with Crippen molar-refractivity contribution in [2.24, 2.45) is 0 Å². The largest absolute Gasteiger partial charge is 0.430 e. The van der Waals surface area contributed by atoms with Crippen molar-refractivity contribution < 1.29 is 17.6 Å². The number of halogens is 3. The second-order valence-corrected chi connectivity index (χ2v) is 7.30. The van der Waals surface area contributed by atoms with E-state index < -0.39 is 23.0 Å². The van der Waals surface area contributed by atoms with Crippen molar-refractivity contribution in [3.63, 3.8) is 0 Å². The number of H-pyrrole nitrogens is 1. The second-order valence-electron chi connectivity index (χ2n) is 7.30. The number of hydrogen-bond acceptors (Lipinski definition) is 4. The highest BCUT2D eigenvalue weighted by molar-refractivity contribution is 6.03. The van der Waals surface area contributed by atoms with Crippen LogP contribution in [0.3, 0.4) is 0 Å². The highest BCUT2D eigenvalue weighted by atomic mass is 19.4. The molecule has 0 amide bonds. The monoisotopic (exact) mass is 437 g/mol. The molecule has 6 nitrogen and oxygen atoms in total. The number of aryl methyl sites for hydroxylation is 1. The minimum Gasteiger partial charge on any atom is -0.430 e. The summed E-state index contributed by atoms with van der Waals surface area (Å²) in [5, 5.41) is 0.463. The lowest BCUT2D eigenvalue weighted by atomic mass is 10.1. The van der Waals surface area contributed by atoms with Crippen molar-refractivity contribution in [2.75, 3.05) is 0 Å². The maximum Gasteiger partial charge on any atom is 0.416 e. The summed E-state index contributed by atoms with van der Waals surface area (Å²) in [6.07, 6.45) is -4.62. The molecule has 5 aromatic rings. The summed E-state index contributed by atoms with van der Waals surface area (Å²) in [6.45, 7) is 1.79. The molecule has 0 saturated carbocycles. The Morgan fingerprint density at radius 1 is 1.00 bits per heavy atom. The van der Waals surface area contributed by atoms with E-state index in [0.717, 1.165) is 29.3 Å². The lowest BCUT2D eigenvalue weighted by Gasteiger charge is -2.09. The van der Waals surface area contributed by atoms with Gasteiger partial charge >= 0.3 is 17.4 Å². The molecular weight excluding hydrogens is 423 g/mol. The summed E-state index contributed by atoms with van der Waals surface area (Å²) in [7, 11) is 0.